The van der Waals surface area contributed by atoms with E-state index in [1.54, 1.807) is 19.2 Å². The average Bonchev–Trinajstić information content (AvgIpc) is 3.06. The maximum absolute atomic E-state index is 12.7. The van der Waals surface area contributed by atoms with Crippen molar-refractivity contribution >= 4 is 11.6 Å². The van der Waals surface area contributed by atoms with Crippen LogP contribution in [0.2, 0.25) is 0 Å². The first-order valence-electron chi connectivity index (χ1n) is 7.14. The summed E-state index contributed by atoms with van der Waals surface area (Å²) in [4.78, 5) is 3.70. The number of nitrogens with one attached hydrogen (secondary N) is 1. The second kappa shape index (κ2) is 5.92. The second-order valence-corrected chi connectivity index (χ2v) is 6.02. The Balaban J connectivity index is 1.78. The third kappa shape index (κ3) is 3.52. The molecule has 0 bridgehead atoms. The number of imidazole rings is 1. The lowest BCUT2D eigenvalue weighted by Gasteiger charge is -2.08. The highest BCUT2D eigenvalue weighted by molar-refractivity contribution is 6.29. The molecule has 0 radical (unpaired) electrons. The first-order chi connectivity index (χ1) is 10.8. The van der Waals surface area contributed by atoms with Crippen molar-refractivity contribution < 1.29 is 13.2 Å². The normalized spacial score (nSPS) is 18.0. The third-order valence-corrected chi connectivity index (χ3v) is 4.05. The molecule has 3 rings (SSSR count). The minimum atomic E-state index is -4.43. The lowest BCUT2D eigenvalue weighted by atomic mass is 9.99. The zero-order chi connectivity index (χ0) is 16.6. The summed E-state index contributed by atoms with van der Waals surface area (Å²) in [5.41, 5.74) is 0.883. The predicted octanol–water partition coefficient (Wildman–Crippen LogP) is 3.95. The second-order valence-electron chi connectivity index (χ2n) is 5.62. The summed E-state index contributed by atoms with van der Waals surface area (Å²) >= 11 is 5.88. The van der Waals surface area contributed by atoms with E-state index >= 15 is 0 Å². The van der Waals surface area contributed by atoms with Crippen molar-refractivity contribution in [2.75, 3.05) is 6.54 Å². The van der Waals surface area contributed by atoms with Crippen molar-refractivity contribution in [3.63, 3.8) is 0 Å². The van der Waals surface area contributed by atoms with Crippen LogP contribution in [-0.2, 0) is 19.6 Å². The Morgan fingerprint density at radius 3 is 2.52 bits per heavy atom. The van der Waals surface area contributed by atoms with Gasteiger partial charge in [0, 0.05) is 31.3 Å². The zero-order valence-corrected chi connectivity index (χ0v) is 13.1. The fourth-order valence-electron chi connectivity index (χ4n) is 2.65. The number of benzene rings is 1. The first kappa shape index (κ1) is 15.9. The number of halogens is 4. The molecule has 1 atom stereocenters. The molecule has 0 saturated heterocycles. The number of hydrogen-bond acceptors (Lipinski definition) is 2. The number of hydrogen-bond donors (Lipinski definition) is 1. The average molecular weight is 342 g/mol. The van der Waals surface area contributed by atoms with Crippen LogP contribution in [0.1, 0.15) is 11.3 Å². The maximum Gasteiger partial charge on any atom is 0.434 e. The van der Waals surface area contributed by atoms with Crippen molar-refractivity contribution in [1.29, 1.82) is 0 Å². The van der Waals surface area contributed by atoms with Crippen LogP contribution >= 0.6 is 11.6 Å². The molecular weight excluding hydrogens is 327 g/mol. The Morgan fingerprint density at radius 1 is 1.30 bits per heavy atom. The van der Waals surface area contributed by atoms with Crippen LogP contribution in [0.4, 0.5) is 13.2 Å². The van der Waals surface area contributed by atoms with E-state index in [9.17, 15) is 13.2 Å². The van der Waals surface area contributed by atoms with Gasteiger partial charge in [0.15, 0.2) is 5.69 Å². The molecule has 122 valence electrons. The van der Waals surface area contributed by atoms with Crippen molar-refractivity contribution in [2.24, 2.45) is 13.0 Å². The van der Waals surface area contributed by atoms with Gasteiger partial charge < -0.3 is 9.88 Å². The van der Waals surface area contributed by atoms with Gasteiger partial charge in [0.2, 0.25) is 0 Å². The molecule has 0 saturated carbocycles. The molecule has 1 aliphatic rings. The summed E-state index contributed by atoms with van der Waals surface area (Å²) in [7, 11) is 1.56. The summed E-state index contributed by atoms with van der Waals surface area (Å²) in [6.07, 6.45) is -0.626. The van der Waals surface area contributed by atoms with Gasteiger partial charge in [-0.05, 0) is 18.1 Å². The van der Waals surface area contributed by atoms with Crippen molar-refractivity contribution in [3.05, 3.63) is 53.0 Å². The fraction of sp³-hybridized carbons (Fsp3) is 0.312. The van der Waals surface area contributed by atoms with Crippen LogP contribution in [0, 0.1) is 5.92 Å². The van der Waals surface area contributed by atoms with Crippen LogP contribution in [0.3, 0.4) is 0 Å². The van der Waals surface area contributed by atoms with Gasteiger partial charge in [-0.3, -0.25) is 0 Å². The number of rotatable bonds is 3. The van der Waals surface area contributed by atoms with E-state index in [0.29, 0.717) is 22.5 Å². The van der Waals surface area contributed by atoms with Gasteiger partial charge in [-0.2, -0.15) is 13.2 Å². The maximum atomic E-state index is 12.7. The first-order valence-corrected chi connectivity index (χ1v) is 7.52. The molecule has 1 N–H and O–H groups in total. The Kier molecular flexibility index (Phi) is 4.10. The van der Waals surface area contributed by atoms with Gasteiger partial charge in [0.1, 0.15) is 5.82 Å². The Bertz CT molecular complexity index is 732. The molecule has 1 aromatic heterocycles. The molecule has 3 nitrogen and oxygen atoms in total. The summed E-state index contributed by atoms with van der Waals surface area (Å²) in [5.74, 6) is 0.632. The summed E-state index contributed by atoms with van der Waals surface area (Å²) < 4.78 is 39.6. The van der Waals surface area contributed by atoms with Gasteiger partial charge in [0.25, 0.3) is 0 Å². The number of aryl methyl sites for hydroxylation is 1. The molecule has 1 unspecified atom stereocenters. The fourth-order valence-corrected chi connectivity index (χ4v) is 2.90. The largest absolute Gasteiger partial charge is 0.434 e. The minimum Gasteiger partial charge on any atom is -0.375 e. The highest BCUT2D eigenvalue weighted by atomic mass is 35.5. The molecule has 23 heavy (non-hydrogen) atoms. The SMILES string of the molecule is Cn1cc(C(F)(F)F)nc1-c1ccc(CC2C=C(Cl)NC2)cc1. The zero-order valence-electron chi connectivity index (χ0n) is 12.4. The summed E-state index contributed by atoms with van der Waals surface area (Å²) in [6, 6.07) is 7.42. The van der Waals surface area contributed by atoms with E-state index in [1.807, 2.05) is 18.2 Å². The summed E-state index contributed by atoms with van der Waals surface area (Å²) in [5, 5.41) is 3.72. The smallest absolute Gasteiger partial charge is 0.375 e. The van der Waals surface area contributed by atoms with Crippen LogP contribution in [-0.4, -0.2) is 16.1 Å². The molecule has 1 aromatic carbocycles. The van der Waals surface area contributed by atoms with E-state index in [4.69, 9.17) is 11.6 Å². The molecule has 7 heteroatoms. The Labute approximate surface area is 136 Å². The van der Waals surface area contributed by atoms with E-state index in [1.165, 1.54) is 4.57 Å². The number of aromatic nitrogens is 2. The van der Waals surface area contributed by atoms with Crippen LogP contribution in [0.25, 0.3) is 11.4 Å². The highest BCUT2D eigenvalue weighted by Crippen LogP contribution is 2.30. The van der Waals surface area contributed by atoms with Gasteiger partial charge in [0.05, 0.1) is 5.16 Å². The molecule has 0 aliphatic carbocycles. The van der Waals surface area contributed by atoms with Gasteiger partial charge in [-0.25, -0.2) is 4.98 Å². The quantitative estimate of drug-likeness (QED) is 0.857. The van der Waals surface area contributed by atoms with E-state index in [2.05, 4.69) is 10.3 Å². The van der Waals surface area contributed by atoms with Crippen LogP contribution in [0.15, 0.2) is 41.7 Å². The minimum absolute atomic E-state index is 0.300. The van der Waals surface area contributed by atoms with Crippen molar-refractivity contribution in [3.8, 4) is 11.4 Å². The van der Waals surface area contributed by atoms with E-state index < -0.39 is 11.9 Å². The third-order valence-electron chi connectivity index (χ3n) is 3.79. The molecular formula is C16H15ClF3N3. The van der Waals surface area contributed by atoms with Gasteiger partial charge >= 0.3 is 6.18 Å². The summed E-state index contributed by atoms with van der Waals surface area (Å²) in [6.45, 7) is 0.800. The van der Waals surface area contributed by atoms with Crippen LogP contribution in [0.5, 0.6) is 0 Å². The molecule has 0 fully saturated rings. The molecule has 1 aliphatic heterocycles. The lowest BCUT2D eigenvalue weighted by molar-refractivity contribution is -0.140. The molecule has 2 aromatic rings. The molecule has 0 spiro atoms. The lowest BCUT2D eigenvalue weighted by Crippen LogP contribution is -2.12. The predicted molar refractivity (Wildman–Crippen MR) is 82.8 cm³/mol. The number of alkyl halides is 3. The van der Waals surface area contributed by atoms with Gasteiger partial charge in [-0.1, -0.05) is 35.9 Å². The van der Waals surface area contributed by atoms with Crippen molar-refractivity contribution in [2.45, 2.75) is 12.6 Å². The van der Waals surface area contributed by atoms with E-state index in [-0.39, 0.29) is 0 Å². The Hall–Kier alpha value is -1.95. The molecule has 0 amide bonds. The Morgan fingerprint density at radius 2 is 2.00 bits per heavy atom. The standard InChI is InChI=1S/C16H15ClF3N3/c1-23-9-13(16(18,19)20)22-15(23)12-4-2-10(3-5-12)6-11-7-14(17)21-8-11/h2-5,7,9,11,21H,6,8H2,1H3. The highest BCUT2D eigenvalue weighted by Gasteiger charge is 2.34. The molecule has 2 heterocycles. The topological polar surface area (TPSA) is 29.9 Å². The van der Waals surface area contributed by atoms with Gasteiger partial charge in [-0.15, -0.1) is 0 Å². The monoisotopic (exact) mass is 341 g/mol. The van der Waals surface area contributed by atoms with Crippen LogP contribution < -0.4 is 5.32 Å². The van der Waals surface area contributed by atoms with E-state index in [0.717, 1.165) is 24.7 Å². The van der Waals surface area contributed by atoms with Crippen molar-refractivity contribution in [1.82, 2.24) is 14.9 Å². The number of nitrogens with zero attached hydrogens (tertiary/aromatic N) is 2.